The number of hydrogen-bond donors (Lipinski definition) is 3. The van der Waals surface area contributed by atoms with Crippen molar-refractivity contribution in [2.24, 2.45) is 5.73 Å². The molecule has 0 unspecified atom stereocenters. The van der Waals surface area contributed by atoms with Gasteiger partial charge in [0, 0.05) is 6.07 Å². The average molecular weight is 420 g/mol. The van der Waals surface area contributed by atoms with E-state index in [1.165, 1.54) is 44.7 Å². The zero-order valence-electron chi connectivity index (χ0n) is 15.1. The smallest absolute Gasteiger partial charge is 0.291 e. The van der Waals surface area contributed by atoms with E-state index in [1.807, 2.05) is 0 Å². The van der Waals surface area contributed by atoms with E-state index in [0.717, 1.165) is 0 Å². The van der Waals surface area contributed by atoms with Gasteiger partial charge in [0.25, 0.3) is 17.7 Å². The number of alkyl halides is 2. The van der Waals surface area contributed by atoms with Crippen LogP contribution < -0.4 is 25.8 Å². The van der Waals surface area contributed by atoms with Crippen LogP contribution in [0.4, 0.5) is 14.5 Å². The number of halogens is 3. The van der Waals surface area contributed by atoms with Crippen molar-refractivity contribution in [2.75, 3.05) is 32.6 Å². The zero-order valence-corrected chi connectivity index (χ0v) is 15.9. The van der Waals surface area contributed by atoms with Crippen LogP contribution in [0.5, 0.6) is 11.5 Å². The summed E-state index contributed by atoms with van der Waals surface area (Å²) in [4.78, 5) is 24.6. The Morgan fingerprint density at radius 1 is 1.18 bits per heavy atom. The summed E-state index contributed by atoms with van der Waals surface area (Å²) in [7, 11) is 2.72. The van der Waals surface area contributed by atoms with E-state index in [1.54, 1.807) is 0 Å². The molecule has 2 aromatic rings. The van der Waals surface area contributed by atoms with Crippen molar-refractivity contribution in [3.63, 3.8) is 0 Å². The maximum absolute atomic E-state index is 13.3. The van der Waals surface area contributed by atoms with E-state index >= 15 is 0 Å². The van der Waals surface area contributed by atoms with Crippen LogP contribution in [-0.2, 0) is 0 Å². The average Bonchev–Trinajstić information content (AvgIpc) is 3.20. The SMILES string of the molecule is COc1cc(NC(=O)c2ccco2)c(C(=O)NCC(F)(F)CN)cc1OC.Cl. The van der Waals surface area contributed by atoms with Gasteiger partial charge in [0.15, 0.2) is 17.3 Å². The number of nitrogens with two attached hydrogens (primary N) is 1. The molecule has 28 heavy (non-hydrogen) atoms. The van der Waals surface area contributed by atoms with E-state index in [2.05, 4.69) is 10.6 Å². The number of benzene rings is 1. The molecule has 0 fully saturated rings. The maximum atomic E-state index is 13.3. The second-order valence-electron chi connectivity index (χ2n) is 5.43. The lowest BCUT2D eigenvalue weighted by atomic mass is 10.1. The summed E-state index contributed by atoms with van der Waals surface area (Å²) in [5, 5.41) is 4.58. The summed E-state index contributed by atoms with van der Waals surface area (Å²) < 4.78 is 41.9. The Morgan fingerprint density at radius 2 is 1.82 bits per heavy atom. The summed E-state index contributed by atoms with van der Waals surface area (Å²) in [6.07, 6.45) is 1.31. The fourth-order valence-electron chi connectivity index (χ4n) is 2.14. The Kier molecular flexibility index (Phi) is 8.20. The Balaban J connectivity index is 0.00000392. The fraction of sp³-hybridized carbons (Fsp3) is 0.294. The molecule has 11 heteroatoms. The van der Waals surface area contributed by atoms with Crippen LogP contribution in [0.2, 0.25) is 0 Å². The lowest BCUT2D eigenvalue weighted by molar-refractivity contribution is 0.0118. The highest BCUT2D eigenvalue weighted by Gasteiger charge is 2.28. The number of carbonyl (C=O) groups is 2. The van der Waals surface area contributed by atoms with Gasteiger partial charge >= 0.3 is 0 Å². The maximum Gasteiger partial charge on any atom is 0.291 e. The summed E-state index contributed by atoms with van der Waals surface area (Å²) in [6.45, 7) is -1.87. The molecule has 154 valence electrons. The van der Waals surface area contributed by atoms with Crippen molar-refractivity contribution in [3.8, 4) is 11.5 Å². The van der Waals surface area contributed by atoms with Gasteiger partial charge in [0.2, 0.25) is 0 Å². The first-order valence-corrected chi connectivity index (χ1v) is 7.78. The van der Waals surface area contributed by atoms with Crippen LogP contribution in [0.1, 0.15) is 20.9 Å². The lowest BCUT2D eigenvalue weighted by Crippen LogP contribution is -2.41. The molecule has 0 saturated heterocycles. The van der Waals surface area contributed by atoms with Gasteiger partial charge < -0.3 is 30.3 Å². The molecule has 2 rings (SSSR count). The molecule has 0 spiro atoms. The normalized spacial score (nSPS) is 10.6. The van der Waals surface area contributed by atoms with E-state index in [0.29, 0.717) is 0 Å². The van der Waals surface area contributed by atoms with Crippen LogP contribution in [0, 0.1) is 0 Å². The summed E-state index contributed by atoms with van der Waals surface area (Å²) in [5.74, 6) is -4.32. The molecule has 1 aromatic carbocycles. The van der Waals surface area contributed by atoms with Crippen LogP contribution in [0.25, 0.3) is 0 Å². The molecular formula is C17H20ClF2N3O5. The molecule has 8 nitrogen and oxygen atoms in total. The molecular weight excluding hydrogens is 400 g/mol. The Labute approximate surface area is 165 Å². The highest BCUT2D eigenvalue weighted by Crippen LogP contribution is 2.33. The van der Waals surface area contributed by atoms with Crippen molar-refractivity contribution < 1.29 is 32.3 Å². The van der Waals surface area contributed by atoms with E-state index in [-0.39, 0.29) is 40.9 Å². The van der Waals surface area contributed by atoms with Crippen LogP contribution in [0.3, 0.4) is 0 Å². The predicted molar refractivity (Wildman–Crippen MR) is 99.8 cm³/mol. The Hall–Kier alpha value is -2.85. The van der Waals surface area contributed by atoms with E-state index in [9.17, 15) is 18.4 Å². The molecule has 4 N–H and O–H groups in total. The number of hydrogen-bond acceptors (Lipinski definition) is 6. The van der Waals surface area contributed by atoms with Crippen LogP contribution >= 0.6 is 12.4 Å². The minimum absolute atomic E-state index is 0. The zero-order chi connectivity index (χ0) is 20.0. The number of furan rings is 1. The number of carbonyl (C=O) groups excluding carboxylic acids is 2. The van der Waals surface area contributed by atoms with E-state index < -0.39 is 30.8 Å². The van der Waals surface area contributed by atoms with Gasteiger partial charge in [0.1, 0.15) is 0 Å². The van der Waals surface area contributed by atoms with Gasteiger partial charge in [0.05, 0.1) is 44.8 Å². The number of amides is 2. The number of methoxy groups -OCH3 is 2. The standard InChI is InChI=1S/C17H19F2N3O5.ClH/c1-25-13-6-10(15(23)21-9-17(18,19)8-20)11(7-14(13)26-2)22-16(24)12-4-3-5-27-12;/h3-7H,8-9,20H2,1-2H3,(H,21,23)(H,22,24);1H. The summed E-state index contributed by atoms with van der Waals surface area (Å²) in [6, 6.07) is 5.56. The summed E-state index contributed by atoms with van der Waals surface area (Å²) >= 11 is 0. The molecule has 0 radical (unpaired) electrons. The van der Waals surface area contributed by atoms with Crippen LogP contribution in [0.15, 0.2) is 34.9 Å². The van der Waals surface area contributed by atoms with Gasteiger partial charge in [-0.2, -0.15) is 0 Å². The Bertz CT molecular complexity index is 815. The molecule has 2 amide bonds. The largest absolute Gasteiger partial charge is 0.493 e. The molecule has 0 aliphatic carbocycles. The predicted octanol–water partition coefficient (Wildman–Crippen LogP) is 2.29. The summed E-state index contributed by atoms with van der Waals surface area (Å²) in [5.41, 5.74) is 4.89. The fourth-order valence-corrected chi connectivity index (χ4v) is 2.14. The highest BCUT2D eigenvalue weighted by atomic mass is 35.5. The van der Waals surface area contributed by atoms with Crippen LogP contribution in [-0.4, -0.2) is 45.0 Å². The van der Waals surface area contributed by atoms with Crippen molar-refractivity contribution in [1.82, 2.24) is 5.32 Å². The minimum Gasteiger partial charge on any atom is -0.493 e. The molecule has 1 aromatic heterocycles. The van der Waals surface area contributed by atoms with Gasteiger partial charge in [-0.15, -0.1) is 12.4 Å². The van der Waals surface area contributed by atoms with Crippen molar-refractivity contribution in [2.45, 2.75) is 5.92 Å². The minimum atomic E-state index is -3.26. The Morgan fingerprint density at radius 3 is 2.36 bits per heavy atom. The monoisotopic (exact) mass is 419 g/mol. The number of rotatable bonds is 8. The molecule has 0 bridgehead atoms. The first-order valence-electron chi connectivity index (χ1n) is 7.78. The quantitative estimate of drug-likeness (QED) is 0.604. The number of nitrogens with one attached hydrogen (secondary N) is 2. The number of ether oxygens (including phenoxy) is 2. The second-order valence-corrected chi connectivity index (χ2v) is 5.43. The first-order chi connectivity index (χ1) is 12.8. The molecule has 0 aliphatic rings. The molecule has 0 aliphatic heterocycles. The third kappa shape index (κ3) is 5.57. The van der Waals surface area contributed by atoms with Gasteiger partial charge in [-0.1, -0.05) is 0 Å². The third-order valence-electron chi connectivity index (χ3n) is 3.57. The third-order valence-corrected chi connectivity index (χ3v) is 3.57. The van der Waals surface area contributed by atoms with Gasteiger partial charge in [-0.3, -0.25) is 9.59 Å². The highest BCUT2D eigenvalue weighted by molar-refractivity contribution is 6.08. The number of anilines is 1. The molecule has 0 saturated carbocycles. The molecule has 1 heterocycles. The lowest BCUT2D eigenvalue weighted by Gasteiger charge is -2.17. The molecule has 0 atom stereocenters. The van der Waals surface area contributed by atoms with Gasteiger partial charge in [-0.25, -0.2) is 8.78 Å². The van der Waals surface area contributed by atoms with Gasteiger partial charge in [-0.05, 0) is 18.2 Å². The first kappa shape index (κ1) is 23.2. The van der Waals surface area contributed by atoms with E-state index in [4.69, 9.17) is 19.6 Å². The topological polar surface area (TPSA) is 116 Å². The second kappa shape index (κ2) is 9.90. The van der Waals surface area contributed by atoms with Crippen molar-refractivity contribution >= 4 is 29.9 Å². The van der Waals surface area contributed by atoms with Crippen molar-refractivity contribution in [1.29, 1.82) is 0 Å². The van der Waals surface area contributed by atoms with Crippen molar-refractivity contribution in [3.05, 3.63) is 41.9 Å².